The van der Waals surface area contributed by atoms with Crippen molar-refractivity contribution < 1.29 is 9.15 Å². The fourth-order valence-electron chi connectivity index (χ4n) is 1.95. The topological polar surface area (TPSA) is 34.4 Å². The van der Waals surface area contributed by atoms with Crippen LogP contribution in [-0.2, 0) is 6.54 Å². The lowest BCUT2D eigenvalue weighted by atomic mass is 10.1. The molecule has 0 spiro atoms. The fourth-order valence-corrected chi connectivity index (χ4v) is 2.21. The predicted octanol–water partition coefficient (Wildman–Crippen LogP) is 4.11. The minimum atomic E-state index is 0.605. The van der Waals surface area contributed by atoms with Gasteiger partial charge in [-0.15, -0.1) is 0 Å². The van der Waals surface area contributed by atoms with Crippen molar-refractivity contribution in [3.05, 3.63) is 41.3 Å². The quantitative estimate of drug-likeness (QED) is 0.808. The normalized spacial score (nSPS) is 10.7. The van der Waals surface area contributed by atoms with E-state index in [1.54, 1.807) is 13.4 Å². The zero-order valence-electron chi connectivity index (χ0n) is 11.2. The Labute approximate surface area is 118 Å². The molecule has 0 bridgehead atoms. The average Bonchev–Trinajstić information content (AvgIpc) is 2.87. The Balaban J connectivity index is 2.22. The van der Waals surface area contributed by atoms with Crippen LogP contribution >= 0.6 is 11.6 Å². The molecule has 4 heteroatoms. The summed E-state index contributed by atoms with van der Waals surface area (Å²) in [6.45, 7) is 3.84. The third-order valence-corrected chi connectivity index (χ3v) is 3.22. The molecule has 0 radical (unpaired) electrons. The van der Waals surface area contributed by atoms with E-state index in [4.69, 9.17) is 20.8 Å². The number of hydrogen-bond acceptors (Lipinski definition) is 3. The summed E-state index contributed by atoms with van der Waals surface area (Å²) >= 11 is 6.15. The number of ether oxygens (including phenoxy) is 1. The molecule has 102 valence electrons. The second-order valence-electron chi connectivity index (χ2n) is 4.28. The summed E-state index contributed by atoms with van der Waals surface area (Å²) in [6, 6.07) is 7.71. The Hall–Kier alpha value is -1.45. The zero-order chi connectivity index (χ0) is 13.7. The molecule has 1 N–H and O–H groups in total. The standard InChI is InChI=1S/C15H18ClNO2/c1-3-7-17-10-15-12(6-8-19-15)11-4-5-14(18-2)13(16)9-11/h4-6,8-9,17H,3,7,10H2,1-2H3. The van der Waals surface area contributed by atoms with Gasteiger partial charge in [0.2, 0.25) is 0 Å². The molecule has 2 rings (SSSR count). The van der Waals surface area contributed by atoms with Crippen molar-refractivity contribution >= 4 is 11.6 Å². The summed E-state index contributed by atoms with van der Waals surface area (Å²) in [6.07, 6.45) is 2.81. The first kappa shape index (κ1) is 14.0. The Morgan fingerprint density at radius 3 is 2.84 bits per heavy atom. The van der Waals surface area contributed by atoms with Crippen LogP contribution < -0.4 is 10.1 Å². The number of rotatable bonds is 6. The third kappa shape index (κ3) is 3.31. The van der Waals surface area contributed by atoms with Crippen LogP contribution in [0.5, 0.6) is 5.75 Å². The first-order chi connectivity index (χ1) is 9.26. The lowest BCUT2D eigenvalue weighted by molar-refractivity contribution is 0.415. The maximum Gasteiger partial charge on any atom is 0.137 e. The minimum absolute atomic E-state index is 0.605. The van der Waals surface area contributed by atoms with Crippen LogP contribution in [0.3, 0.4) is 0 Å². The number of hydrogen-bond donors (Lipinski definition) is 1. The molecule has 0 unspecified atom stereocenters. The highest BCUT2D eigenvalue weighted by molar-refractivity contribution is 6.32. The van der Waals surface area contributed by atoms with Gasteiger partial charge in [0.05, 0.1) is 24.9 Å². The average molecular weight is 280 g/mol. The SMILES string of the molecule is CCCNCc1occc1-c1ccc(OC)c(Cl)c1. The molecule has 0 aliphatic carbocycles. The van der Waals surface area contributed by atoms with E-state index in [-0.39, 0.29) is 0 Å². The van der Waals surface area contributed by atoms with E-state index >= 15 is 0 Å². The highest BCUT2D eigenvalue weighted by atomic mass is 35.5. The first-order valence-corrected chi connectivity index (χ1v) is 6.75. The predicted molar refractivity (Wildman–Crippen MR) is 77.7 cm³/mol. The van der Waals surface area contributed by atoms with Crippen molar-refractivity contribution in [2.75, 3.05) is 13.7 Å². The molecule has 0 saturated heterocycles. The van der Waals surface area contributed by atoms with Gasteiger partial charge in [-0.1, -0.05) is 24.6 Å². The van der Waals surface area contributed by atoms with Crippen molar-refractivity contribution in [2.24, 2.45) is 0 Å². The van der Waals surface area contributed by atoms with Gasteiger partial charge in [-0.25, -0.2) is 0 Å². The molecule has 0 fully saturated rings. The van der Waals surface area contributed by atoms with Crippen LogP contribution in [0, 0.1) is 0 Å². The Morgan fingerprint density at radius 2 is 2.16 bits per heavy atom. The van der Waals surface area contributed by atoms with Gasteiger partial charge < -0.3 is 14.5 Å². The van der Waals surface area contributed by atoms with E-state index in [0.717, 1.165) is 36.4 Å². The van der Waals surface area contributed by atoms with E-state index in [2.05, 4.69) is 12.2 Å². The number of nitrogens with one attached hydrogen (secondary N) is 1. The first-order valence-electron chi connectivity index (χ1n) is 6.37. The molecule has 0 saturated carbocycles. The Bertz CT molecular complexity index is 537. The van der Waals surface area contributed by atoms with Crippen LogP contribution in [0.15, 0.2) is 34.9 Å². The summed E-state index contributed by atoms with van der Waals surface area (Å²) in [4.78, 5) is 0. The smallest absolute Gasteiger partial charge is 0.137 e. The number of benzene rings is 1. The van der Waals surface area contributed by atoms with E-state index in [1.807, 2.05) is 24.3 Å². The fraction of sp³-hybridized carbons (Fsp3) is 0.333. The molecule has 1 aromatic carbocycles. The second-order valence-corrected chi connectivity index (χ2v) is 4.69. The molecular formula is C15H18ClNO2. The molecule has 0 amide bonds. The van der Waals surface area contributed by atoms with E-state index < -0.39 is 0 Å². The summed E-state index contributed by atoms with van der Waals surface area (Å²) in [7, 11) is 1.61. The summed E-state index contributed by atoms with van der Waals surface area (Å²) in [5.74, 6) is 1.61. The summed E-state index contributed by atoms with van der Waals surface area (Å²) in [5.41, 5.74) is 2.10. The van der Waals surface area contributed by atoms with E-state index in [1.165, 1.54) is 0 Å². The Morgan fingerprint density at radius 1 is 1.32 bits per heavy atom. The van der Waals surface area contributed by atoms with Gasteiger partial charge >= 0.3 is 0 Å². The van der Waals surface area contributed by atoms with Crippen molar-refractivity contribution in [1.82, 2.24) is 5.32 Å². The van der Waals surface area contributed by atoms with Crippen LogP contribution in [0.2, 0.25) is 5.02 Å². The van der Waals surface area contributed by atoms with Gasteiger partial charge in [0.1, 0.15) is 11.5 Å². The molecular weight excluding hydrogens is 262 g/mol. The van der Waals surface area contributed by atoms with Crippen LogP contribution in [-0.4, -0.2) is 13.7 Å². The van der Waals surface area contributed by atoms with Gasteiger partial charge in [0.25, 0.3) is 0 Å². The number of halogens is 1. The van der Waals surface area contributed by atoms with E-state index in [0.29, 0.717) is 10.8 Å². The van der Waals surface area contributed by atoms with Gasteiger partial charge in [-0.2, -0.15) is 0 Å². The molecule has 19 heavy (non-hydrogen) atoms. The molecule has 0 atom stereocenters. The van der Waals surface area contributed by atoms with Gasteiger partial charge in [0, 0.05) is 5.56 Å². The molecule has 3 nitrogen and oxygen atoms in total. The lowest BCUT2D eigenvalue weighted by Gasteiger charge is -2.07. The molecule has 1 aromatic heterocycles. The Kier molecular flexibility index (Phi) is 4.88. The monoisotopic (exact) mass is 279 g/mol. The molecule has 2 aromatic rings. The zero-order valence-corrected chi connectivity index (χ0v) is 12.0. The second kappa shape index (κ2) is 6.64. The van der Waals surface area contributed by atoms with Gasteiger partial charge in [-0.3, -0.25) is 0 Å². The summed E-state index contributed by atoms with van der Waals surface area (Å²) in [5, 5.41) is 3.94. The number of furan rings is 1. The van der Waals surface area contributed by atoms with Crippen molar-refractivity contribution in [2.45, 2.75) is 19.9 Å². The maximum atomic E-state index is 6.15. The summed E-state index contributed by atoms with van der Waals surface area (Å²) < 4.78 is 10.7. The highest BCUT2D eigenvalue weighted by Gasteiger charge is 2.10. The lowest BCUT2D eigenvalue weighted by Crippen LogP contribution is -2.13. The van der Waals surface area contributed by atoms with Gasteiger partial charge in [0.15, 0.2) is 0 Å². The highest BCUT2D eigenvalue weighted by Crippen LogP contribution is 2.32. The molecule has 1 heterocycles. The van der Waals surface area contributed by atoms with Crippen LogP contribution in [0.1, 0.15) is 19.1 Å². The number of methoxy groups -OCH3 is 1. The van der Waals surface area contributed by atoms with Crippen molar-refractivity contribution in [3.8, 4) is 16.9 Å². The van der Waals surface area contributed by atoms with Crippen LogP contribution in [0.25, 0.3) is 11.1 Å². The van der Waals surface area contributed by atoms with E-state index in [9.17, 15) is 0 Å². The van der Waals surface area contributed by atoms with Crippen LogP contribution in [0.4, 0.5) is 0 Å². The van der Waals surface area contributed by atoms with Crippen molar-refractivity contribution in [3.63, 3.8) is 0 Å². The molecule has 0 aliphatic heterocycles. The largest absolute Gasteiger partial charge is 0.495 e. The van der Waals surface area contributed by atoms with Crippen molar-refractivity contribution in [1.29, 1.82) is 0 Å². The van der Waals surface area contributed by atoms with Gasteiger partial charge in [-0.05, 0) is 36.7 Å². The third-order valence-electron chi connectivity index (χ3n) is 2.92. The molecule has 0 aliphatic rings. The minimum Gasteiger partial charge on any atom is -0.495 e. The maximum absolute atomic E-state index is 6.15.